The van der Waals surface area contributed by atoms with Gasteiger partial charge >= 0.3 is 0 Å². The average Bonchev–Trinajstić information content (AvgIpc) is 2.77. The fourth-order valence-corrected chi connectivity index (χ4v) is 4.33. The molecule has 0 amide bonds. The molecule has 0 bridgehead atoms. The first kappa shape index (κ1) is 14.5. The molecule has 19 heavy (non-hydrogen) atoms. The quantitative estimate of drug-likeness (QED) is 0.634. The van der Waals surface area contributed by atoms with Crippen LogP contribution in [0.1, 0.15) is 12.8 Å². The van der Waals surface area contributed by atoms with Gasteiger partial charge in [-0.3, -0.25) is 0 Å². The minimum Gasteiger partial charge on any atom is -0.211 e. The molecule has 0 spiro atoms. The molecule has 0 aliphatic carbocycles. The van der Waals surface area contributed by atoms with Crippen molar-refractivity contribution in [2.24, 2.45) is 4.99 Å². The van der Waals surface area contributed by atoms with E-state index in [0.717, 1.165) is 0 Å². The van der Waals surface area contributed by atoms with E-state index in [0.29, 0.717) is 19.4 Å². The predicted molar refractivity (Wildman–Crippen MR) is 71.5 cm³/mol. The van der Waals surface area contributed by atoms with Gasteiger partial charge in [0, 0.05) is 16.6 Å². The van der Waals surface area contributed by atoms with Crippen LogP contribution in [-0.2, 0) is 14.8 Å². The molecule has 1 aliphatic rings. The van der Waals surface area contributed by atoms with Crippen molar-refractivity contribution in [2.75, 3.05) is 6.54 Å². The number of hydrogen-bond donors (Lipinski definition) is 0. The van der Waals surface area contributed by atoms with Gasteiger partial charge in [-0.1, -0.05) is 23.2 Å². The Morgan fingerprint density at radius 3 is 2.47 bits per heavy atom. The minimum atomic E-state index is -3.76. The van der Waals surface area contributed by atoms with E-state index in [4.69, 9.17) is 23.2 Å². The van der Waals surface area contributed by atoms with Crippen molar-refractivity contribution < 1.29 is 13.2 Å². The van der Waals surface area contributed by atoms with Gasteiger partial charge in [-0.25, -0.2) is 13.2 Å². The van der Waals surface area contributed by atoms with Crippen LogP contribution in [0.5, 0.6) is 0 Å². The van der Waals surface area contributed by atoms with Gasteiger partial charge in [0.05, 0.1) is 4.90 Å². The van der Waals surface area contributed by atoms with Gasteiger partial charge in [-0.15, -0.1) is 0 Å². The van der Waals surface area contributed by atoms with Crippen LogP contribution in [-0.4, -0.2) is 31.5 Å². The van der Waals surface area contributed by atoms with Crippen LogP contribution < -0.4 is 0 Å². The van der Waals surface area contributed by atoms with Crippen molar-refractivity contribution in [3.8, 4) is 0 Å². The standard InChI is InChI=1S/C11H10Cl2N2O3S/c12-8-4-9(13)6-10(5-8)19(17,18)15-3-1-2-11(15)14-7-16/h4-6,11H,1-3H2. The average molecular weight is 321 g/mol. The highest BCUT2D eigenvalue weighted by atomic mass is 35.5. The van der Waals surface area contributed by atoms with E-state index in [2.05, 4.69) is 4.99 Å². The number of carbonyl (C=O) groups excluding carboxylic acids is 1. The van der Waals surface area contributed by atoms with Gasteiger partial charge in [0.1, 0.15) is 6.17 Å². The summed E-state index contributed by atoms with van der Waals surface area (Å²) in [4.78, 5) is 13.8. The van der Waals surface area contributed by atoms with Crippen molar-refractivity contribution in [1.82, 2.24) is 4.31 Å². The highest BCUT2D eigenvalue weighted by Gasteiger charge is 2.35. The first-order chi connectivity index (χ1) is 8.95. The Balaban J connectivity index is 2.44. The smallest absolute Gasteiger partial charge is 0.211 e. The summed E-state index contributed by atoms with van der Waals surface area (Å²) in [6.45, 7) is 0.308. The number of benzene rings is 1. The minimum absolute atomic E-state index is 0.00185. The Hall–Kier alpha value is -0.910. The Labute approximate surface area is 120 Å². The summed E-state index contributed by atoms with van der Waals surface area (Å²) < 4.78 is 26.1. The Morgan fingerprint density at radius 2 is 1.89 bits per heavy atom. The number of rotatable bonds is 3. The van der Waals surface area contributed by atoms with Crippen LogP contribution in [0.4, 0.5) is 0 Å². The molecule has 0 radical (unpaired) electrons. The van der Waals surface area contributed by atoms with Crippen LogP contribution in [0.2, 0.25) is 10.0 Å². The van der Waals surface area contributed by atoms with E-state index >= 15 is 0 Å². The lowest BCUT2D eigenvalue weighted by Gasteiger charge is -2.20. The van der Waals surface area contributed by atoms with Crippen molar-refractivity contribution in [1.29, 1.82) is 0 Å². The predicted octanol–water partition coefficient (Wildman–Crippen LogP) is 2.44. The lowest BCUT2D eigenvalue weighted by atomic mass is 10.3. The third-order valence-corrected chi connectivity index (χ3v) is 5.13. The molecule has 1 unspecified atom stereocenters. The SMILES string of the molecule is O=C=NC1CCCN1S(=O)(=O)c1cc(Cl)cc(Cl)c1. The Morgan fingerprint density at radius 1 is 1.26 bits per heavy atom. The number of nitrogens with zero attached hydrogens (tertiary/aromatic N) is 2. The zero-order valence-corrected chi connectivity index (χ0v) is 12.0. The molecule has 1 aromatic rings. The Bertz CT molecular complexity index is 621. The van der Waals surface area contributed by atoms with Crippen molar-refractivity contribution in [2.45, 2.75) is 23.9 Å². The molecule has 0 saturated carbocycles. The zero-order valence-electron chi connectivity index (χ0n) is 9.71. The number of aliphatic imine (C=N–C) groups is 1. The second-order valence-electron chi connectivity index (χ2n) is 4.06. The molecule has 8 heteroatoms. The van der Waals surface area contributed by atoms with Crippen LogP contribution in [0.25, 0.3) is 0 Å². The maximum Gasteiger partial charge on any atom is 0.245 e. The third kappa shape index (κ3) is 2.99. The summed E-state index contributed by atoms with van der Waals surface area (Å²) in [7, 11) is -3.76. The number of halogens is 2. The molecule has 0 aromatic heterocycles. The molecular weight excluding hydrogens is 311 g/mol. The van der Waals surface area contributed by atoms with Gasteiger partial charge in [-0.2, -0.15) is 9.30 Å². The molecule has 5 nitrogen and oxygen atoms in total. The first-order valence-electron chi connectivity index (χ1n) is 5.50. The van der Waals surface area contributed by atoms with Crippen LogP contribution in [0, 0.1) is 0 Å². The lowest BCUT2D eigenvalue weighted by molar-refractivity contribution is 0.395. The summed E-state index contributed by atoms with van der Waals surface area (Å²) in [6, 6.07) is 4.10. The first-order valence-corrected chi connectivity index (χ1v) is 7.69. The molecule has 1 atom stereocenters. The van der Waals surface area contributed by atoms with Crippen LogP contribution in [0.15, 0.2) is 28.1 Å². The van der Waals surface area contributed by atoms with E-state index in [9.17, 15) is 13.2 Å². The molecule has 1 fully saturated rings. The largest absolute Gasteiger partial charge is 0.245 e. The van der Waals surface area contributed by atoms with Crippen molar-refractivity contribution in [3.05, 3.63) is 28.2 Å². The molecule has 1 aliphatic heterocycles. The van der Waals surface area contributed by atoms with Gasteiger partial charge in [0.2, 0.25) is 16.1 Å². The summed E-state index contributed by atoms with van der Waals surface area (Å²) in [5.74, 6) is 0. The molecule has 1 heterocycles. The van der Waals surface area contributed by atoms with Gasteiger partial charge in [-0.05, 0) is 31.0 Å². The topological polar surface area (TPSA) is 66.8 Å². The summed E-state index contributed by atoms with van der Waals surface area (Å²) in [5.41, 5.74) is 0. The van der Waals surface area contributed by atoms with E-state index < -0.39 is 16.2 Å². The monoisotopic (exact) mass is 320 g/mol. The van der Waals surface area contributed by atoms with Crippen molar-refractivity contribution in [3.63, 3.8) is 0 Å². The fourth-order valence-electron chi connectivity index (χ4n) is 2.01. The normalized spacial score (nSPS) is 20.2. The van der Waals surface area contributed by atoms with E-state index in [1.807, 2.05) is 0 Å². The molecule has 0 N–H and O–H groups in total. The lowest BCUT2D eigenvalue weighted by Crippen LogP contribution is -2.34. The molecule has 2 rings (SSSR count). The number of sulfonamides is 1. The maximum atomic E-state index is 12.4. The molecule has 1 saturated heterocycles. The van der Waals surface area contributed by atoms with Gasteiger partial charge in [0.25, 0.3) is 0 Å². The van der Waals surface area contributed by atoms with Gasteiger partial charge < -0.3 is 0 Å². The number of hydrogen-bond acceptors (Lipinski definition) is 4. The molecule has 1 aromatic carbocycles. The van der Waals surface area contributed by atoms with Crippen molar-refractivity contribution >= 4 is 39.3 Å². The summed E-state index contributed by atoms with van der Waals surface area (Å²) >= 11 is 11.6. The Kier molecular flexibility index (Phi) is 4.28. The second-order valence-corrected chi connectivity index (χ2v) is 6.83. The summed E-state index contributed by atoms with van der Waals surface area (Å²) in [5, 5.41) is 0.474. The van der Waals surface area contributed by atoms with E-state index in [1.165, 1.54) is 28.6 Å². The maximum absolute atomic E-state index is 12.4. The molecular formula is C11H10Cl2N2O3S. The third-order valence-electron chi connectivity index (χ3n) is 2.82. The fraction of sp³-hybridized carbons (Fsp3) is 0.364. The highest BCUT2D eigenvalue weighted by Crippen LogP contribution is 2.29. The number of isocyanates is 1. The van der Waals surface area contributed by atoms with Gasteiger partial charge in [0.15, 0.2) is 0 Å². The zero-order chi connectivity index (χ0) is 14.0. The highest BCUT2D eigenvalue weighted by molar-refractivity contribution is 7.89. The summed E-state index contributed by atoms with van der Waals surface area (Å²) in [6.07, 6.45) is 1.85. The molecule has 102 valence electrons. The van der Waals surface area contributed by atoms with E-state index in [-0.39, 0.29) is 14.9 Å². The van der Waals surface area contributed by atoms with E-state index in [1.54, 1.807) is 0 Å². The van der Waals surface area contributed by atoms with Crippen LogP contribution >= 0.6 is 23.2 Å². The second kappa shape index (κ2) is 5.61. The van der Waals surface area contributed by atoms with Crippen LogP contribution in [0.3, 0.4) is 0 Å².